The van der Waals surface area contributed by atoms with E-state index >= 15 is 0 Å². The van der Waals surface area contributed by atoms with Crippen molar-refractivity contribution < 1.29 is 4.74 Å². The fraction of sp³-hybridized carbons (Fsp3) is 0.481. The van der Waals surface area contributed by atoms with Crippen LogP contribution in [0.3, 0.4) is 0 Å². The van der Waals surface area contributed by atoms with Gasteiger partial charge in [0.1, 0.15) is 0 Å². The van der Waals surface area contributed by atoms with Gasteiger partial charge in [-0.2, -0.15) is 0 Å². The summed E-state index contributed by atoms with van der Waals surface area (Å²) in [7, 11) is 0. The fourth-order valence-electron chi connectivity index (χ4n) is 5.10. The zero-order valence-electron chi connectivity index (χ0n) is 21.2. The average molecular weight is 507 g/mol. The van der Waals surface area contributed by atoms with E-state index in [1.807, 2.05) is 10.7 Å². The minimum Gasteiger partial charge on any atom is -0.376 e. The van der Waals surface area contributed by atoms with Crippen molar-refractivity contribution in [3.63, 3.8) is 0 Å². The maximum atomic E-state index is 13.3. The summed E-state index contributed by atoms with van der Waals surface area (Å²) >= 11 is 1.73. The first-order valence-electron chi connectivity index (χ1n) is 12.8. The van der Waals surface area contributed by atoms with E-state index in [1.165, 1.54) is 10.4 Å². The first kappa shape index (κ1) is 24.8. The molecule has 4 heterocycles. The number of aromatic amines is 1. The highest BCUT2D eigenvalue weighted by molar-refractivity contribution is 7.09. The SMILES string of the molecule is CCC[C@H](c1nnnn1C[C@H]1CCCO1)N(Cc1cccs1)Cc1cc2ccc(C)c(C)c2[nH]c1=O. The molecule has 36 heavy (non-hydrogen) atoms. The summed E-state index contributed by atoms with van der Waals surface area (Å²) in [6, 6.07) is 10.4. The number of benzene rings is 1. The summed E-state index contributed by atoms with van der Waals surface area (Å²) in [6.45, 7) is 8.99. The Morgan fingerprint density at radius 3 is 2.92 bits per heavy atom. The molecular formula is C27H34N6O2S. The molecule has 0 aliphatic carbocycles. The molecular weight excluding hydrogens is 472 g/mol. The van der Waals surface area contributed by atoms with Gasteiger partial charge in [0.05, 0.1) is 24.2 Å². The van der Waals surface area contributed by atoms with Crippen LogP contribution in [0.15, 0.2) is 40.5 Å². The predicted molar refractivity (Wildman–Crippen MR) is 142 cm³/mol. The molecule has 0 saturated carbocycles. The van der Waals surface area contributed by atoms with Crippen LogP contribution in [0, 0.1) is 13.8 Å². The van der Waals surface area contributed by atoms with Crippen LogP contribution in [-0.4, -0.2) is 42.8 Å². The quantitative estimate of drug-likeness (QED) is 0.329. The number of hydrogen-bond acceptors (Lipinski definition) is 7. The zero-order valence-corrected chi connectivity index (χ0v) is 22.1. The third kappa shape index (κ3) is 5.28. The maximum Gasteiger partial charge on any atom is 0.252 e. The number of ether oxygens (including phenoxy) is 1. The van der Waals surface area contributed by atoms with Crippen molar-refractivity contribution in [1.29, 1.82) is 0 Å². The molecule has 2 atom stereocenters. The number of aromatic nitrogens is 5. The molecule has 190 valence electrons. The van der Waals surface area contributed by atoms with Crippen molar-refractivity contribution in [1.82, 2.24) is 30.1 Å². The predicted octanol–water partition coefficient (Wildman–Crippen LogP) is 4.92. The van der Waals surface area contributed by atoms with Gasteiger partial charge in [-0.25, -0.2) is 4.68 Å². The summed E-state index contributed by atoms with van der Waals surface area (Å²) < 4.78 is 7.77. The Balaban J connectivity index is 1.51. The molecule has 8 nitrogen and oxygen atoms in total. The van der Waals surface area contributed by atoms with Crippen molar-refractivity contribution in [3.8, 4) is 0 Å². The van der Waals surface area contributed by atoms with Gasteiger partial charge in [-0.05, 0) is 77.6 Å². The topological polar surface area (TPSA) is 88.9 Å². The molecule has 1 saturated heterocycles. The third-order valence-electron chi connectivity index (χ3n) is 7.20. The van der Waals surface area contributed by atoms with Gasteiger partial charge in [0.25, 0.3) is 5.56 Å². The number of nitrogens with one attached hydrogen (secondary N) is 1. The fourth-order valence-corrected chi connectivity index (χ4v) is 5.82. The Bertz CT molecular complexity index is 1360. The Morgan fingerprint density at radius 1 is 1.28 bits per heavy atom. The van der Waals surface area contributed by atoms with Crippen LogP contribution in [0.4, 0.5) is 0 Å². The third-order valence-corrected chi connectivity index (χ3v) is 8.06. The first-order chi connectivity index (χ1) is 17.5. The number of thiophene rings is 1. The standard InChI is InChI=1S/C27H34N6O2S/c1-4-7-24(26-29-30-31-33(26)16-22-8-5-12-35-22)32(17-23-9-6-13-36-23)15-21-14-20-11-10-18(2)19(3)25(20)28-27(21)34/h6,9-11,13-14,22,24H,4-5,7-8,12,15-17H2,1-3H3,(H,28,34)/t22-,24-/m1/s1. The summed E-state index contributed by atoms with van der Waals surface area (Å²) in [5.74, 6) is 0.840. The number of pyridine rings is 1. The molecule has 4 aromatic rings. The highest BCUT2D eigenvalue weighted by Crippen LogP contribution is 2.30. The van der Waals surface area contributed by atoms with Gasteiger partial charge in [0.2, 0.25) is 0 Å². The molecule has 0 radical (unpaired) electrons. The minimum atomic E-state index is -0.0402. The van der Waals surface area contributed by atoms with E-state index in [2.05, 4.69) is 75.8 Å². The largest absolute Gasteiger partial charge is 0.376 e. The molecule has 5 rings (SSSR count). The Labute approximate surface area is 215 Å². The maximum absolute atomic E-state index is 13.3. The van der Waals surface area contributed by atoms with Crippen LogP contribution in [-0.2, 0) is 24.4 Å². The summed E-state index contributed by atoms with van der Waals surface area (Å²) in [6.07, 6.45) is 4.12. The molecule has 1 fully saturated rings. The van der Waals surface area contributed by atoms with Crippen molar-refractivity contribution in [2.45, 2.75) is 78.2 Å². The lowest BCUT2D eigenvalue weighted by atomic mass is 10.0. The number of fused-ring (bicyclic) bond motifs is 1. The molecule has 3 aromatic heterocycles. The second-order valence-corrected chi connectivity index (χ2v) is 10.8. The molecule has 0 spiro atoms. The van der Waals surface area contributed by atoms with E-state index in [-0.39, 0.29) is 17.7 Å². The molecule has 9 heteroatoms. The van der Waals surface area contributed by atoms with Gasteiger partial charge in [-0.15, -0.1) is 16.4 Å². The van der Waals surface area contributed by atoms with E-state index in [1.54, 1.807) is 11.3 Å². The number of tetrazole rings is 1. The highest BCUT2D eigenvalue weighted by Gasteiger charge is 2.28. The molecule has 1 aromatic carbocycles. The normalized spacial score (nSPS) is 16.8. The Kier molecular flexibility index (Phi) is 7.59. The Morgan fingerprint density at radius 2 is 2.17 bits per heavy atom. The number of H-pyrrole nitrogens is 1. The van der Waals surface area contributed by atoms with E-state index in [0.717, 1.165) is 66.7 Å². The summed E-state index contributed by atoms with van der Waals surface area (Å²) in [4.78, 5) is 20.0. The van der Waals surface area contributed by atoms with Gasteiger partial charge in [0.15, 0.2) is 5.82 Å². The highest BCUT2D eigenvalue weighted by atomic mass is 32.1. The van der Waals surface area contributed by atoms with Crippen molar-refractivity contribution >= 4 is 22.2 Å². The number of hydrogen-bond donors (Lipinski definition) is 1. The molecule has 0 unspecified atom stereocenters. The van der Waals surface area contributed by atoms with E-state index < -0.39 is 0 Å². The smallest absolute Gasteiger partial charge is 0.252 e. The zero-order chi connectivity index (χ0) is 25.1. The summed E-state index contributed by atoms with van der Waals surface area (Å²) in [5.41, 5.74) is 3.91. The van der Waals surface area contributed by atoms with Gasteiger partial charge >= 0.3 is 0 Å². The lowest BCUT2D eigenvalue weighted by Crippen LogP contribution is -2.33. The van der Waals surface area contributed by atoms with E-state index in [0.29, 0.717) is 13.1 Å². The lowest BCUT2D eigenvalue weighted by molar-refractivity contribution is 0.0885. The van der Waals surface area contributed by atoms with Crippen LogP contribution in [0.1, 0.15) is 66.0 Å². The van der Waals surface area contributed by atoms with E-state index in [9.17, 15) is 4.79 Å². The van der Waals surface area contributed by atoms with E-state index in [4.69, 9.17) is 4.74 Å². The van der Waals surface area contributed by atoms with Crippen molar-refractivity contribution in [2.75, 3.05) is 6.61 Å². The van der Waals surface area contributed by atoms with Crippen LogP contribution in [0.25, 0.3) is 10.9 Å². The van der Waals surface area contributed by atoms with Crippen LogP contribution >= 0.6 is 11.3 Å². The molecule has 1 aliphatic heterocycles. The van der Waals surface area contributed by atoms with Gasteiger partial charge in [-0.1, -0.05) is 31.5 Å². The molecule has 1 aliphatic rings. The lowest BCUT2D eigenvalue weighted by Gasteiger charge is -2.30. The van der Waals surface area contributed by atoms with Crippen LogP contribution < -0.4 is 5.56 Å². The van der Waals surface area contributed by atoms with Crippen molar-refractivity contribution in [3.05, 3.63) is 73.5 Å². The molecule has 0 bridgehead atoms. The monoisotopic (exact) mass is 506 g/mol. The average Bonchev–Trinajstić information content (AvgIpc) is 3.65. The number of aryl methyl sites for hydroxylation is 2. The van der Waals surface area contributed by atoms with Crippen LogP contribution in [0.2, 0.25) is 0 Å². The van der Waals surface area contributed by atoms with Crippen LogP contribution in [0.5, 0.6) is 0 Å². The first-order valence-corrected chi connectivity index (χ1v) is 13.7. The minimum absolute atomic E-state index is 0.0247. The van der Waals surface area contributed by atoms with Gasteiger partial charge < -0.3 is 9.72 Å². The summed E-state index contributed by atoms with van der Waals surface area (Å²) in [5, 5.41) is 16.0. The Hall–Kier alpha value is -2.88. The second kappa shape index (κ2) is 11.0. The van der Waals surface area contributed by atoms with Gasteiger partial charge in [-0.3, -0.25) is 9.69 Å². The number of rotatable bonds is 10. The second-order valence-electron chi connectivity index (χ2n) is 9.74. The van der Waals surface area contributed by atoms with Crippen molar-refractivity contribution in [2.24, 2.45) is 0 Å². The van der Waals surface area contributed by atoms with Gasteiger partial charge in [0, 0.05) is 30.1 Å². The molecule has 0 amide bonds. The molecule has 1 N–H and O–H groups in total. The number of nitrogens with zero attached hydrogens (tertiary/aromatic N) is 5.